The molecule has 2 heterocycles. The van der Waals surface area contributed by atoms with Gasteiger partial charge in [-0.25, -0.2) is 4.39 Å². The number of fused-ring (bicyclic) bond motifs is 1. The number of nitrogens with two attached hydrogens (primary N) is 1. The molecule has 5 nitrogen and oxygen atoms in total. The number of aromatic amines is 1. The molecule has 1 fully saturated rings. The fourth-order valence-electron chi connectivity index (χ4n) is 3.77. The predicted molar refractivity (Wildman–Crippen MR) is 105 cm³/mol. The number of para-hydroxylation sites is 1. The number of benzene rings is 2. The lowest BCUT2D eigenvalue weighted by molar-refractivity contribution is 0.0946. The van der Waals surface area contributed by atoms with Gasteiger partial charge in [-0.15, -0.1) is 0 Å². The number of carbonyl (C=O) groups is 1. The van der Waals surface area contributed by atoms with Crippen LogP contribution in [0.25, 0.3) is 22.0 Å². The molecule has 5 N–H and O–H groups in total. The maximum atomic E-state index is 13.4. The first-order valence-corrected chi connectivity index (χ1v) is 9.24. The molecule has 0 radical (unpaired) electrons. The molecule has 6 heteroatoms. The largest absolute Gasteiger partial charge is 0.350 e. The second kappa shape index (κ2) is 7.50. The molecule has 0 unspecified atom stereocenters. The van der Waals surface area contributed by atoms with Crippen LogP contribution in [0.1, 0.15) is 16.9 Å². The Hall–Kier alpha value is -2.70. The molecule has 0 aliphatic carbocycles. The van der Waals surface area contributed by atoms with Gasteiger partial charge in [-0.3, -0.25) is 4.79 Å². The summed E-state index contributed by atoms with van der Waals surface area (Å²) in [5, 5.41) is 7.36. The molecular weight excluding hydrogens is 343 g/mol. The van der Waals surface area contributed by atoms with Crippen LogP contribution in [0.4, 0.5) is 4.39 Å². The summed E-state index contributed by atoms with van der Waals surface area (Å²) in [4.78, 5) is 16.1. The minimum absolute atomic E-state index is 0.163. The van der Waals surface area contributed by atoms with Crippen LogP contribution < -0.4 is 16.4 Å². The van der Waals surface area contributed by atoms with Crippen LogP contribution >= 0.6 is 0 Å². The van der Waals surface area contributed by atoms with Crippen molar-refractivity contribution < 1.29 is 9.18 Å². The second-order valence-corrected chi connectivity index (χ2v) is 7.08. The van der Waals surface area contributed by atoms with Gasteiger partial charge in [0.2, 0.25) is 0 Å². The van der Waals surface area contributed by atoms with Gasteiger partial charge in [-0.2, -0.15) is 0 Å². The lowest BCUT2D eigenvalue weighted by atomic mass is 10.0. The number of nitrogens with one attached hydrogen (secondary N) is 3. The van der Waals surface area contributed by atoms with Crippen LogP contribution in [0.5, 0.6) is 0 Å². The Morgan fingerprint density at radius 2 is 1.96 bits per heavy atom. The first-order chi connectivity index (χ1) is 13.2. The fourth-order valence-corrected chi connectivity index (χ4v) is 3.77. The normalized spacial score (nSPS) is 19.5. The molecule has 0 saturated carbocycles. The van der Waals surface area contributed by atoms with E-state index in [-0.39, 0.29) is 17.8 Å². The molecule has 1 aliphatic heterocycles. The highest BCUT2D eigenvalue weighted by Gasteiger charge is 2.24. The summed E-state index contributed by atoms with van der Waals surface area (Å²) in [6.45, 7) is 2.10. The molecule has 3 aromatic rings. The van der Waals surface area contributed by atoms with E-state index in [9.17, 15) is 9.18 Å². The summed E-state index contributed by atoms with van der Waals surface area (Å²) in [6.07, 6.45) is 0.967. The number of aromatic nitrogens is 1. The van der Waals surface area contributed by atoms with Gasteiger partial charge in [0.25, 0.3) is 5.91 Å². The van der Waals surface area contributed by atoms with Crippen molar-refractivity contribution in [3.05, 3.63) is 60.0 Å². The van der Waals surface area contributed by atoms with E-state index in [4.69, 9.17) is 5.73 Å². The van der Waals surface area contributed by atoms with E-state index in [1.807, 2.05) is 24.3 Å². The van der Waals surface area contributed by atoms with Crippen molar-refractivity contribution in [2.45, 2.75) is 12.5 Å². The molecule has 2 aromatic carbocycles. The summed E-state index contributed by atoms with van der Waals surface area (Å²) in [5.74, 6) is 0.00429. The molecule has 0 spiro atoms. The molecular formula is C21H23FN4O. The van der Waals surface area contributed by atoms with Crippen LogP contribution in [0, 0.1) is 11.7 Å². The molecule has 1 aliphatic rings. The fraction of sp³-hybridized carbons (Fsp3) is 0.286. The van der Waals surface area contributed by atoms with Gasteiger partial charge in [0.15, 0.2) is 0 Å². The number of rotatable bonds is 5. The summed E-state index contributed by atoms with van der Waals surface area (Å²) in [6, 6.07) is 14.2. The van der Waals surface area contributed by atoms with E-state index < -0.39 is 0 Å². The van der Waals surface area contributed by atoms with Crippen LogP contribution in [0.2, 0.25) is 0 Å². The average molecular weight is 366 g/mol. The Morgan fingerprint density at radius 1 is 1.19 bits per heavy atom. The van der Waals surface area contributed by atoms with Crippen LogP contribution in [-0.4, -0.2) is 36.6 Å². The molecule has 27 heavy (non-hydrogen) atoms. The molecule has 2 atom stereocenters. The van der Waals surface area contributed by atoms with Crippen molar-refractivity contribution in [1.82, 2.24) is 15.6 Å². The summed E-state index contributed by atoms with van der Waals surface area (Å²) in [7, 11) is 0. The number of halogens is 1. The molecule has 140 valence electrons. The monoisotopic (exact) mass is 366 g/mol. The van der Waals surface area contributed by atoms with E-state index in [0.717, 1.165) is 35.0 Å². The number of hydrogen-bond acceptors (Lipinski definition) is 3. The zero-order valence-corrected chi connectivity index (χ0v) is 15.0. The van der Waals surface area contributed by atoms with E-state index in [1.165, 1.54) is 12.1 Å². The van der Waals surface area contributed by atoms with Gasteiger partial charge in [0, 0.05) is 29.1 Å². The van der Waals surface area contributed by atoms with E-state index in [2.05, 4.69) is 15.6 Å². The number of carbonyl (C=O) groups excluding carboxylic acids is 1. The van der Waals surface area contributed by atoms with E-state index in [1.54, 1.807) is 12.1 Å². The van der Waals surface area contributed by atoms with E-state index in [0.29, 0.717) is 24.7 Å². The third kappa shape index (κ3) is 3.59. The molecule has 1 amide bonds. The van der Waals surface area contributed by atoms with Gasteiger partial charge in [0.1, 0.15) is 11.5 Å². The van der Waals surface area contributed by atoms with Crippen molar-refractivity contribution in [2.75, 3.05) is 19.6 Å². The maximum Gasteiger partial charge on any atom is 0.268 e. The lowest BCUT2D eigenvalue weighted by Gasteiger charge is -2.12. The third-order valence-corrected chi connectivity index (χ3v) is 5.22. The Balaban J connectivity index is 1.62. The Kier molecular flexibility index (Phi) is 4.92. The maximum absolute atomic E-state index is 13.4. The summed E-state index contributed by atoms with van der Waals surface area (Å²) < 4.78 is 13.4. The highest BCUT2D eigenvalue weighted by atomic mass is 19.1. The number of H-pyrrole nitrogens is 1. The summed E-state index contributed by atoms with van der Waals surface area (Å²) in [5.41, 5.74) is 8.70. The molecule has 1 aromatic heterocycles. The Bertz CT molecular complexity index is 950. The zero-order valence-electron chi connectivity index (χ0n) is 15.0. The van der Waals surface area contributed by atoms with Crippen molar-refractivity contribution in [2.24, 2.45) is 11.7 Å². The Morgan fingerprint density at radius 3 is 2.70 bits per heavy atom. The minimum Gasteiger partial charge on any atom is -0.350 e. The first-order valence-electron chi connectivity index (χ1n) is 9.24. The van der Waals surface area contributed by atoms with Crippen LogP contribution in [0.3, 0.4) is 0 Å². The lowest BCUT2D eigenvalue weighted by Crippen LogP contribution is -2.37. The van der Waals surface area contributed by atoms with Gasteiger partial charge >= 0.3 is 0 Å². The first kappa shape index (κ1) is 17.7. The van der Waals surface area contributed by atoms with Gasteiger partial charge < -0.3 is 21.4 Å². The quantitative estimate of drug-likeness (QED) is 0.560. The van der Waals surface area contributed by atoms with Gasteiger partial charge in [0.05, 0.1) is 0 Å². The van der Waals surface area contributed by atoms with Crippen molar-refractivity contribution in [3.63, 3.8) is 0 Å². The SMILES string of the molecule is NC[C@@H]1CN[C@H](CNC(=O)c2[nH]c3ccccc3c2-c2ccc(F)cc2)C1. The number of hydrogen-bond donors (Lipinski definition) is 4. The molecule has 0 bridgehead atoms. The smallest absolute Gasteiger partial charge is 0.268 e. The number of amides is 1. The van der Waals surface area contributed by atoms with Gasteiger partial charge in [-0.05, 0) is 49.2 Å². The van der Waals surface area contributed by atoms with Crippen molar-refractivity contribution in [3.8, 4) is 11.1 Å². The molecule has 1 saturated heterocycles. The summed E-state index contributed by atoms with van der Waals surface area (Å²) >= 11 is 0. The van der Waals surface area contributed by atoms with Crippen molar-refractivity contribution >= 4 is 16.8 Å². The Labute approximate surface area is 157 Å². The standard InChI is InChI=1S/C21H23FN4O/c22-15-7-5-14(6-8-15)19-17-3-1-2-4-18(17)26-20(19)21(27)25-12-16-9-13(10-23)11-24-16/h1-8,13,16,24,26H,9-12,23H2,(H,25,27)/t13-,16+/m1/s1. The van der Waals surface area contributed by atoms with Crippen LogP contribution in [-0.2, 0) is 0 Å². The topological polar surface area (TPSA) is 82.9 Å². The van der Waals surface area contributed by atoms with Crippen molar-refractivity contribution in [1.29, 1.82) is 0 Å². The molecule has 4 rings (SSSR count). The minimum atomic E-state index is -0.300. The van der Waals surface area contributed by atoms with Gasteiger partial charge in [-0.1, -0.05) is 30.3 Å². The zero-order chi connectivity index (χ0) is 18.8. The van der Waals surface area contributed by atoms with E-state index >= 15 is 0 Å². The highest BCUT2D eigenvalue weighted by molar-refractivity contribution is 6.09. The predicted octanol–water partition coefficient (Wildman–Crippen LogP) is 2.64. The second-order valence-electron chi connectivity index (χ2n) is 7.08. The van der Waals surface area contributed by atoms with Crippen LogP contribution in [0.15, 0.2) is 48.5 Å². The third-order valence-electron chi connectivity index (χ3n) is 5.22. The highest BCUT2D eigenvalue weighted by Crippen LogP contribution is 2.32. The average Bonchev–Trinajstić information content (AvgIpc) is 3.31.